The molecule has 0 spiro atoms. The summed E-state index contributed by atoms with van der Waals surface area (Å²) in [6.45, 7) is 3.12. The second-order valence-electron chi connectivity index (χ2n) is 7.11. The van der Waals surface area contributed by atoms with E-state index < -0.39 is 6.10 Å². The van der Waals surface area contributed by atoms with Crippen LogP contribution in [0.2, 0.25) is 0 Å². The molecule has 1 saturated heterocycles. The highest BCUT2D eigenvalue weighted by Gasteiger charge is 2.41. The quantitative estimate of drug-likeness (QED) is 0.883. The second kappa shape index (κ2) is 6.28. The van der Waals surface area contributed by atoms with Crippen LogP contribution in [0.25, 0.3) is 5.52 Å². The van der Waals surface area contributed by atoms with Gasteiger partial charge in [-0.15, -0.1) is 5.10 Å². The molecule has 7 heteroatoms. The van der Waals surface area contributed by atoms with Crippen LogP contribution in [0.1, 0.15) is 50.3 Å². The van der Waals surface area contributed by atoms with Crippen LogP contribution in [0.15, 0.2) is 12.3 Å². The number of hydrogen-bond donors (Lipinski definition) is 2. The molecule has 2 aromatic rings. The molecule has 0 bridgehead atoms. The maximum Gasteiger partial charge on any atom is 0.241 e. The van der Waals surface area contributed by atoms with Gasteiger partial charge in [0.05, 0.1) is 41.7 Å². The Bertz CT molecular complexity index is 815. The van der Waals surface area contributed by atoms with Crippen LogP contribution in [-0.2, 0) is 10.2 Å². The minimum atomic E-state index is -0.569. The first-order valence-electron chi connectivity index (χ1n) is 8.98. The van der Waals surface area contributed by atoms with Crippen molar-refractivity contribution in [1.29, 1.82) is 5.26 Å². The Hall–Kier alpha value is -2.17. The minimum absolute atomic E-state index is 0.0430. The van der Waals surface area contributed by atoms with Gasteiger partial charge < -0.3 is 15.2 Å². The normalized spacial score (nSPS) is 25.3. The van der Waals surface area contributed by atoms with Crippen molar-refractivity contribution >= 4 is 11.5 Å². The molecule has 1 aliphatic heterocycles. The van der Waals surface area contributed by atoms with Gasteiger partial charge in [-0.05, 0) is 31.7 Å². The summed E-state index contributed by atoms with van der Waals surface area (Å²) in [6.07, 6.45) is 6.26. The van der Waals surface area contributed by atoms with E-state index in [0.29, 0.717) is 31.1 Å². The number of anilines is 1. The van der Waals surface area contributed by atoms with Gasteiger partial charge in [0.1, 0.15) is 6.07 Å². The molecule has 0 amide bonds. The highest BCUT2D eigenvalue weighted by Crippen LogP contribution is 2.47. The number of nitrogens with one attached hydrogen (secondary N) is 1. The fourth-order valence-electron chi connectivity index (χ4n) is 4.05. The van der Waals surface area contributed by atoms with Gasteiger partial charge >= 0.3 is 0 Å². The average molecular weight is 341 g/mol. The molecule has 25 heavy (non-hydrogen) atoms. The van der Waals surface area contributed by atoms with Gasteiger partial charge in [0.15, 0.2) is 0 Å². The number of nitriles is 1. The first kappa shape index (κ1) is 16.3. The molecule has 2 N–H and O–H groups in total. The molecule has 2 atom stereocenters. The van der Waals surface area contributed by atoms with Crippen molar-refractivity contribution in [3.63, 3.8) is 0 Å². The van der Waals surface area contributed by atoms with Gasteiger partial charge in [0.25, 0.3) is 0 Å². The van der Waals surface area contributed by atoms with Crippen LogP contribution in [0.4, 0.5) is 5.95 Å². The number of aromatic nitrogens is 3. The molecule has 1 aliphatic carbocycles. The lowest BCUT2D eigenvalue weighted by Crippen LogP contribution is -2.42. The van der Waals surface area contributed by atoms with E-state index in [1.165, 1.54) is 6.42 Å². The smallest absolute Gasteiger partial charge is 0.241 e. The van der Waals surface area contributed by atoms with Crippen molar-refractivity contribution in [1.82, 2.24) is 14.6 Å². The molecular weight excluding hydrogens is 318 g/mol. The van der Waals surface area contributed by atoms with Crippen LogP contribution in [-0.4, -0.2) is 45.1 Å². The Kier molecular flexibility index (Phi) is 4.10. The summed E-state index contributed by atoms with van der Waals surface area (Å²) in [6, 6.07) is 4.09. The van der Waals surface area contributed by atoms with E-state index in [9.17, 15) is 10.4 Å². The molecule has 2 aromatic heterocycles. The summed E-state index contributed by atoms with van der Waals surface area (Å²) < 4.78 is 7.14. The Morgan fingerprint density at radius 2 is 2.36 bits per heavy atom. The maximum atomic E-state index is 10.1. The van der Waals surface area contributed by atoms with Gasteiger partial charge in [-0.25, -0.2) is 9.50 Å². The van der Waals surface area contributed by atoms with Gasteiger partial charge in [-0.3, -0.25) is 0 Å². The standard InChI is InChI=1S/C18H23N5O2/c1-2-18(5-3-6-18)16-12(9-19)8-13-10-20-17(22-23(13)16)21-14-4-7-25-11-15(14)24/h8,10,14-15,24H,2-7,11H2,1H3,(H,21,22)/t14-,15-/m1/s1. The van der Waals surface area contributed by atoms with E-state index in [2.05, 4.69) is 28.4 Å². The molecule has 132 valence electrons. The Balaban J connectivity index is 1.73. The predicted molar refractivity (Wildman–Crippen MR) is 92.4 cm³/mol. The van der Waals surface area contributed by atoms with Gasteiger partial charge in [-0.2, -0.15) is 5.26 Å². The first-order valence-corrected chi connectivity index (χ1v) is 8.98. The predicted octanol–water partition coefficient (Wildman–Crippen LogP) is 1.99. The van der Waals surface area contributed by atoms with E-state index in [0.717, 1.165) is 30.5 Å². The van der Waals surface area contributed by atoms with Crippen LogP contribution >= 0.6 is 0 Å². The summed E-state index contributed by atoms with van der Waals surface area (Å²) in [4.78, 5) is 4.37. The van der Waals surface area contributed by atoms with Crippen molar-refractivity contribution in [3.8, 4) is 6.07 Å². The van der Waals surface area contributed by atoms with Crippen molar-refractivity contribution in [3.05, 3.63) is 23.5 Å². The van der Waals surface area contributed by atoms with E-state index in [1.54, 1.807) is 6.20 Å². The summed E-state index contributed by atoms with van der Waals surface area (Å²) in [5.41, 5.74) is 2.58. The molecule has 4 rings (SSSR count). The highest BCUT2D eigenvalue weighted by molar-refractivity contribution is 5.58. The third-order valence-corrected chi connectivity index (χ3v) is 5.77. The Morgan fingerprint density at radius 3 is 3.00 bits per heavy atom. The van der Waals surface area contributed by atoms with Crippen LogP contribution in [0.5, 0.6) is 0 Å². The topological polar surface area (TPSA) is 95.5 Å². The second-order valence-corrected chi connectivity index (χ2v) is 7.11. The van der Waals surface area contributed by atoms with Crippen LogP contribution in [0, 0.1) is 11.3 Å². The van der Waals surface area contributed by atoms with Gasteiger partial charge in [0, 0.05) is 12.0 Å². The van der Waals surface area contributed by atoms with Crippen molar-refractivity contribution in [2.75, 3.05) is 18.5 Å². The monoisotopic (exact) mass is 341 g/mol. The first-order chi connectivity index (χ1) is 12.2. The SMILES string of the molecule is CCC1(c2c(C#N)cc3cnc(N[C@@H]4CCOC[C@H]4O)nn23)CCC1. The number of aliphatic hydroxyl groups is 1. The van der Waals surface area contributed by atoms with Crippen molar-refractivity contribution in [2.45, 2.75) is 56.6 Å². The molecule has 0 aromatic carbocycles. The summed E-state index contributed by atoms with van der Waals surface area (Å²) in [7, 11) is 0. The lowest BCUT2D eigenvalue weighted by atomic mass is 9.64. The molecule has 1 saturated carbocycles. The number of nitrogens with zero attached hydrogens (tertiary/aromatic N) is 4. The lowest BCUT2D eigenvalue weighted by molar-refractivity contribution is -0.0136. The van der Waals surface area contributed by atoms with Crippen LogP contribution < -0.4 is 5.32 Å². The number of aliphatic hydroxyl groups excluding tert-OH is 1. The molecular formula is C18H23N5O2. The van der Waals surface area contributed by atoms with Gasteiger partial charge in [-0.1, -0.05) is 13.3 Å². The molecule has 0 unspecified atom stereocenters. The van der Waals surface area contributed by atoms with E-state index in [-0.39, 0.29) is 11.5 Å². The zero-order valence-electron chi connectivity index (χ0n) is 14.4. The zero-order valence-corrected chi connectivity index (χ0v) is 14.4. The van der Waals surface area contributed by atoms with E-state index in [4.69, 9.17) is 4.74 Å². The average Bonchev–Trinajstić information content (AvgIpc) is 2.95. The van der Waals surface area contributed by atoms with Crippen LogP contribution in [0.3, 0.4) is 0 Å². The summed E-state index contributed by atoms with van der Waals surface area (Å²) >= 11 is 0. The van der Waals surface area contributed by atoms with Crippen molar-refractivity contribution in [2.24, 2.45) is 0 Å². The Morgan fingerprint density at radius 1 is 1.52 bits per heavy atom. The van der Waals surface area contributed by atoms with Crippen molar-refractivity contribution < 1.29 is 9.84 Å². The highest BCUT2D eigenvalue weighted by atomic mass is 16.5. The number of fused-ring (bicyclic) bond motifs is 1. The third-order valence-electron chi connectivity index (χ3n) is 5.77. The van der Waals surface area contributed by atoms with E-state index >= 15 is 0 Å². The number of rotatable bonds is 4. The number of ether oxygens (including phenoxy) is 1. The molecule has 2 aliphatic rings. The zero-order chi connectivity index (χ0) is 17.4. The fraction of sp³-hybridized carbons (Fsp3) is 0.611. The van der Waals surface area contributed by atoms with E-state index in [1.807, 2.05) is 10.6 Å². The maximum absolute atomic E-state index is 10.1. The number of hydrogen-bond acceptors (Lipinski definition) is 6. The summed E-state index contributed by atoms with van der Waals surface area (Å²) in [5.74, 6) is 0.477. The molecule has 7 nitrogen and oxygen atoms in total. The van der Waals surface area contributed by atoms with Gasteiger partial charge in [0.2, 0.25) is 5.95 Å². The molecule has 0 radical (unpaired) electrons. The minimum Gasteiger partial charge on any atom is -0.389 e. The Labute approximate surface area is 146 Å². The molecule has 2 fully saturated rings. The molecule has 3 heterocycles. The summed E-state index contributed by atoms with van der Waals surface area (Å²) in [5, 5.41) is 27.5. The largest absolute Gasteiger partial charge is 0.389 e. The third kappa shape index (κ3) is 2.66. The lowest BCUT2D eigenvalue weighted by Gasteiger charge is -2.41. The fourth-order valence-corrected chi connectivity index (χ4v) is 4.05.